The third-order valence-corrected chi connectivity index (χ3v) is 4.42. The molecule has 3 nitrogen and oxygen atoms in total. The first-order valence-corrected chi connectivity index (χ1v) is 7.56. The maximum absolute atomic E-state index is 11.9. The van der Waals surface area contributed by atoms with Gasteiger partial charge in [0.25, 0.3) is 0 Å². The molecular formula is C12H18BrNO2S. The molecule has 0 aliphatic carbocycles. The third kappa shape index (κ3) is 5.19. The number of methoxy groups -OCH3 is 1. The minimum atomic E-state index is -0.944. The molecule has 0 radical (unpaired) electrons. The van der Waals surface area contributed by atoms with Gasteiger partial charge in [-0.1, -0.05) is 6.07 Å². The van der Waals surface area contributed by atoms with E-state index in [1.54, 1.807) is 7.11 Å². The second kappa shape index (κ2) is 5.98. The molecule has 0 aliphatic rings. The standard InChI is InChI=1S/C12H18BrNO2S/c1-12(2,14)8-17(15)7-9-4-5-11(16-3)10(13)6-9/h4-6H,7-8,14H2,1-3H3. The normalized spacial score (nSPS) is 13.5. The molecular weight excluding hydrogens is 302 g/mol. The maximum atomic E-state index is 11.9. The fraction of sp³-hybridized carbons (Fsp3) is 0.500. The second-order valence-corrected chi connectivity index (χ2v) is 7.00. The molecule has 0 fully saturated rings. The fourth-order valence-corrected chi connectivity index (χ4v) is 3.52. The molecule has 0 saturated heterocycles. The largest absolute Gasteiger partial charge is 0.496 e. The number of hydrogen-bond acceptors (Lipinski definition) is 3. The average molecular weight is 320 g/mol. The van der Waals surface area contributed by atoms with E-state index in [4.69, 9.17) is 10.5 Å². The minimum Gasteiger partial charge on any atom is -0.496 e. The third-order valence-electron chi connectivity index (χ3n) is 2.08. The summed E-state index contributed by atoms with van der Waals surface area (Å²) in [5.41, 5.74) is 6.46. The van der Waals surface area contributed by atoms with Crippen LogP contribution in [0.2, 0.25) is 0 Å². The van der Waals surface area contributed by atoms with E-state index in [0.29, 0.717) is 11.5 Å². The van der Waals surface area contributed by atoms with Gasteiger partial charge in [-0.2, -0.15) is 0 Å². The summed E-state index contributed by atoms with van der Waals surface area (Å²) >= 11 is 3.41. The van der Waals surface area contributed by atoms with E-state index in [1.807, 2.05) is 32.0 Å². The number of ether oxygens (including phenoxy) is 1. The van der Waals surface area contributed by atoms with Crippen LogP contribution in [0.4, 0.5) is 0 Å². The predicted octanol–water partition coefficient (Wildman–Crippen LogP) is 2.44. The molecule has 0 bridgehead atoms. The second-order valence-electron chi connectivity index (χ2n) is 4.69. The Kier molecular flexibility index (Phi) is 5.16. The van der Waals surface area contributed by atoms with Crippen molar-refractivity contribution in [3.63, 3.8) is 0 Å². The van der Waals surface area contributed by atoms with E-state index < -0.39 is 16.3 Å². The molecule has 5 heteroatoms. The Morgan fingerprint density at radius 3 is 2.59 bits per heavy atom. The van der Waals surface area contributed by atoms with Gasteiger partial charge in [-0.15, -0.1) is 0 Å². The van der Waals surface area contributed by atoms with E-state index in [1.165, 1.54) is 0 Å². The number of nitrogens with two attached hydrogens (primary N) is 1. The Labute approximate surface area is 113 Å². The lowest BCUT2D eigenvalue weighted by molar-refractivity contribution is 0.412. The van der Waals surface area contributed by atoms with Crippen molar-refractivity contribution in [3.05, 3.63) is 28.2 Å². The molecule has 17 heavy (non-hydrogen) atoms. The highest BCUT2D eigenvalue weighted by atomic mass is 79.9. The number of hydrogen-bond donors (Lipinski definition) is 1. The first-order valence-electron chi connectivity index (χ1n) is 5.28. The summed E-state index contributed by atoms with van der Waals surface area (Å²) in [6.45, 7) is 3.77. The van der Waals surface area contributed by atoms with Gasteiger partial charge in [-0.05, 0) is 47.5 Å². The number of halogens is 1. The highest BCUT2D eigenvalue weighted by Crippen LogP contribution is 2.26. The van der Waals surface area contributed by atoms with Gasteiger partial charge in [0.1, 0.15) is 5.75 Å². The zero-order valence-electron chi connectivity index (χ0n) is 10.3. The summed E-state index contributed by atoms with van der Waals surface area (Å²) in [4.78, 5) is 0. The van der Waals surface area contributed by atoms with E-state index in [0.717, 1.165) is 15.8 Å². The topological polar surface area (TPSA) is 52.3 Å². The van der Waals surface area contributed by atoms with Crippen molar-refractivity contribution in [2.45, 2.75) is 25.1 Å². The van der Waals surface area contributed by atoms with Crippen LogP contribution in [0.25, 0.3) is 0 Å². The molecule has 1 aromatic carbocycles. The van der Waals surface area contributed by atoms with Crippen molar-refractivity contribution in [3.8, 4) is 5.75 Å². The van der Waals surface area contributed by atoms with Crippen molar-refractivity contribution in [2.24, 2.45) is 5.73 Å². The van der Waals surface area contributed by atoms with E-state index >= 15 is 0 Å². The molecule has 2 N–H and O–H groups in total. The van der Waals surface area contributed by atoms with Crippen LogP contribution in [0.1, 0.15) is 19.4 Å². The Morgan fingerprint density at radius 1 is 1.47 bits per heavy atom. The van der Waals surface area contributed by atoms with Gasteiger partial charge in [-0.3, -0.25) is 4.21 Å². The lowest BCUT2D eigenvalue weighted by atomic mass is 10.1. The van der Waals surface area contributed by atoms with Crippen LogP contribution in [-0.2, 0) is 16.6 Å². The Morgan fingerprint density at radius 2 is 2.12 bits per heavy atom. The van der Waals surface area contributed by atoms with Gasteiger partial charge >= 0.3 is 0 Å². The van der Waals surface area contributed by atoms with Crippen LogP contribution in [0.15, 0.2) is 22.7 Å². The molecule has 0 amide bonds. The molecule has 1 unspecified atom stereocenters. The molecule has 1 aromatic rings. The van der Waals surface area contributed by atoms with E-state index in [9.17, 15) is 4.21 Å². The quantitative estimate of drug-likeness (QED) is 0.907. The van der Waals surface area contributed by atoms with Crippen LogP contribution in [0, 0.1) is 0 Å². The molecule has 0 spiro atoms. The zero-order valence-corrected chi connectivity index (χ0v) is 12.7. The van der Waals surface area contributed by atoms with Gasteiger partial charge in [0.05, 0.1) is 11.6 Å². The van der Waals surface area contributed by atoms with Gasteiger partial charge in [0, 0.05) is 27.8 Å². The van der Waals surface area contributed by atoms with Crippen molar-refractivity contribution < 1.29 is 8.95 Å². The molecule has 1 atom stereocenters. The van der Waals surface area contributed by atoms with Crippen LogP contribution < -0.4 is 10.5 Å². The summed E-state index contributed by atoms with van der Waals surface area (Å²) in [5, 5.41) is 0. The Hall–Kier alpha value is -0.390. The van der Waals surface area contributed by atoms with Gasteiger partial charge < -0.3 is 10.5 Å². The Balaban J connectivity index is 2.69. The predicted molar refractivity (Wildman–Crippen MR) is 75.7 cm³/mol. The highest BCUT2D eigenvalue weighted by molar-refractivity contribution is 9.10. The zero-order chi connectivity index (χ0) is 13.1. The van der Waals surface area contributed by atoms with Crippen LogP contribution in [-0.4, -0.2) is 22.6 Å². The number of rotatable bonds is 5. The summed E-state index contributed by atoms with van der Waals surface area (Å²) in [5.74, 6) is 1.79. The van der Waals surface area contributed by atoms with Gasteiger partial charge in [0.15, 0.2) is 0 Å². The first-order chi connectivity index (χ1) is 7.81. The van der Waals surface area contributed by atoms with Crippen LogP contribution in [0.3, 0.4) is 0 Å². The van der Waals surface area contributed by atoms with Crippen molar-refractivity contribution in [1.29, 1.82) is 0 Å². The molecule has 0 aromatic heterocycles. The van der Waals surface area contributed by atoms with Crippen LogP contribution in [0.5, 0.6) is 5.75 Å². The lowest BCUT2D eigenvalue weighted by Gasteiger charge is -2.17. The molecule has 0 heterocycles. The van der Waals surface area contributed by atoms with Gasteiger partial charge in [0.2, 0.25) is 0 Å². The maximum Gasteiger partial charge on any atom is 0.133 e. The SMILES string of the molecule is COc1ccc(CS(=O)CC(C)(C)N)cc1Br. The highest BCUT2D eigenvalue weighted by Gasteiger charge is 2.15. The van der Waals surface area contributed by atoms with Crippen LogP contribution >= 0.6 is 15.9 Å². The monoisotopic (exact) mass is 319 g/mol. The van der Waals surface area contributed by atoms with Crippen molar-refractivity contribution >= 4 is 26.7 Å². The summed E-state index contributed by atoms with van der Waals surface area (Å²) < 4.78 is 17.9. The molecule has 1 rings (SSSR count). The smallest absolute Gasteiger partial charge is 0.133 e. The number of benzene rings is 1. The summed E-state index contributed by atoms with van der Waals surface area (Å²) in [6, 6.07) is 5.72. The van der Waals surface area contributed by atoms with E-state index in [2.05, 4.69) is 15.9 Å². The first kappa shape index (κ1) is 14.7. The minimum absolute atomic E-state index is 0.394. The molecule has 96 valence electrons. The van der Waals surface area contributed by atoms with E-state index in [-0.39, 0.29) is 0 Å². The van der Waals surface area contributed by atoms with Gasteiger partial charge in [-0.25, -0.2) is 0 Å². The summed E-state index contributed by atoms with van der Waals surface area (Å²) in [6.07, 6.45) is 0. The fourth-order valence-electron chi connectivity index (χ4n) is 1.45. The molecule has 0 saturated carbocycles. The van der Waals surface area contributed by atoms with Crippen molar-refractivity contribution in [2.75, 3.05) is 12.9 Å². The average Bonchev–Trinajstić information content (AvgIpc) is 2.14. The molecule has 0 aliphatic heterocycles. The summed E-state index contributed by atoms with van der Waals surface area (Å²) in [7, 11) is 0.676. The Bertz CT molecular complexity index is 415. The van der Waals surface area contributed by atoms with Crippen molar-refractivity contribution in [1.82, 2.24) is 0 Å². The lowest BCUT2D eigenvalue weighted by Crippen LogP contribution is -2.38.